The van der Waals surface area contributed by atoms with E-state index in [1.54, 1.807) is 14.2 Å². The Morgan fingerprint density at radius 2 is 1.74 bits per heavy atom. The lowest BCUT2D eigenvalue weighted by Crippen LogP contribution is -2.48. The zero-order chi connectivity index (χ0) is 16.7. The maximum atomic E-state index is 12.2. The van der Waals surface area contributed by atoms with Crippen LogP contribution in [0.4, 0.5) is 0 Å². The van der Waals surface area contributed by atoms with E-state index >= 15 is 0 Å². The summed E-state index contributed by atoms with van der Waals surface area (Å²) in [6.45, 7) is 3.96. The molecule has 0 radical (unpaired) electrons. The predicted molar refractivity (Wildman–Crippen MR) is 88.5 cm³/mol. The summed E-state index contributed by atoms with van der Waals surface area (Å²) in [5, 5.41) is 0. The fourth-order valence-corrected chi connectivity index (χ4v) is 2.79. The molecule has 1 fully saturated rings. The number of carbonyl (C=O) groups is 1. The summed E-state index contributed by atoms with van der Waals surface area (Å²) in [5.74, 6) is 0.509. The molecule has 2 rings (SSSR count). The molecule has 1 heterocycles. The summed E-state index contributed by atoms with van der Waals surface area (Å²) >= 11 is 0. The molecule has 0 N–H and O–H groups in total. The van der Waals surface area contributed by atoms with Crippen LogP contribution in [0.5, 0.6) is 5.75 Å². The van der Waals surface area contributed by atoms with E-state index in [4.69, 9.17) is 14.2 Å². The molecule has 0 atom stereocenters. The first kappa shape index (κ1) is 17.8. The van der Waals surface area contributed by atoms with Crippen LogP contribution in [-0.4, -0.2) is 50.5 Å². The van der Waals surface area contributed by atoms with Crippen molar-refractivity contribution in [2.24, 2.45) is 0 Å². The van der Waals surface area contributed by atoms with Crippen molar-refractivity contribution in [1.29, 1.82) is 0 Å². The second kappa shape index (κ2) is 8.31. The van der Waals surface area contributed by atoms with Crippen LogP contribution in [0.1, 0.15) is 31.2 Å². The molecular formula is C18H27NO4. The third kappa shape index (κ3) is 4.94. The normalized spacial score (nSPS) is 17.1. The number of amides is 1. The zero-order valence-corrected chi connectivity index (χ0v) is 14.3. The Kier molecular flexibility index (Phi) is 6.42. The van der Waals surface area contributed by atoms with Gasteiger partial charge in [-0.05, 0) is 25.5 Å². The quantitative estimate of drug-likeness (QED) is 0.572. The molecule has 0 bridgehead atoms. The number of likely N-dealkylation sites (tertiary alicyclic amines) is 1. The molecular weight excluding hydrogens is 294 g/mol. The summed E-state index contributed by atoms with van der Waals surface area (Å²) in [6, 6.07) is 7.95. The van der Waals surface area contributed by atoms with Crippen molar-refractivity contribution in [2.45, 2.75) is 38.4 Å². The number of hydrogen-bond acceptors (Lipinski definition) is 4. The van der Waals surface area contributed by atoms with Gasteiger partial charge >= 0.3 is 0 Å². The van der Waals surface area contributed by atoms with Gasteiger partial charge in [-0.25, -0.2) is 0 Å². The highest BCUT2D eigenvalue weighted by Crippen LogP contribution is 2.26. The molecule has 1 aliphatic heterocycles. The summed E-state index contributed by atoms with van der Waals surface area (Å²) in [6.07, 6.45) is 2.67. The smallest absolute Gasteiger partial charge is 0.222 e. The van der Waals surface area contributed by atoms with Crippen LogP contribution >= 0.6 is 0 Å². The maximum Gasteiger partial charge on any atom is 0.222 e. The molecule has 0 aliphatic carbocycles. The van der Waals surface area contributed by atoms with Crippen LogP contribution in [-0.2, 0) is 14.3 Å². The molecule has 0 unspecified atom stereocenters. The van der Waals surface area contributed by atoms with E-state index in [9.17, 15) is 4.79 Å². The average molecular weight is 321 g/mol. The van der Waals surface area contributed by atoms with Gasteiger partial charge in [0.25, 0.3) is 0 Å². The minimum absolute atomic E-state index is 0.179. The summed E-state index contributed by atoms with van der Waals surface area (Å²) in [5.41, 5.74) is 1.21. The minimum atomic E-state index is -0.522. The summed E-state index contributed by atoms with van der Waals surface area (Å²) < 4.78 is 16.5. The standard InChI is InChI=1S/C18H27NO4/c1-15-6-8-16(9-7-15)23-14-4-5-17(20)19-12-10-18(21-2,22-3)11-13-19/h6-9H,4-5,10-14H2,1-3H3. The average Bonchev–Trinajstić information content (AvgIpc) is 2.60. The lowest BCUT2D eigenvalue weighted by atomic mass is 10.0. The predicted octanol–water partition coefficient (Wildman–Crippen LogP) is 2.77. The molecule has 1 aromatic rings. The van der Waals surface area contributed by atoms with Crippen molar-refractivity contribution in [3.63, 3.8) is 0 Å². The lowest BCUT2D eigenvalue weighted by molar-refractivity contribution is -0.228. The number of nitrogens with zero attached hydrogens (tertiary/aromatic N) is 1. The largest absolute Gasteiger partial charge is 0.494 e. The molecule has 1 aromatic carbocycles. The molecule has 128 valence electrons. The SMILES string of the molecule is COC1(OC)CCN(C(=O)CCCOc2ccc(C)cc2)CC1. The van der Waals surface area contributed by atoms with Crippen molar-refractivity contribution >= 4 is 5.91 Å². The van der Waals surface area contributed by atoms with E-state index < -0.39 is 5.79 Å². The lowest BCUT2D eigenvalue weighted by Gasteiger charge is -2.39. The van der Waals surface area contributed by atoms with Crippen LogP contribution in [0, 0.1) is 6.92 Å². The number of aryl methyl sites for hydroxylation is 1. The van der Waals surface area contributed by atoms with E-state index in [0.29, 0.717) is 39.0 Å². The highest BCUT2D eigenvalue weighted by molar-refractivity contribution is 5.76. The van der Waals surface area contributed by atoms with Gasteiger partial charge in [-0.15, -0.1) is 0 Å². The third-order valence-corrected chi connectivity index (χ3v) is 4.45. The molecule has 1 aliphatic rings. The van der Waals surface area contributed by atoms with Crippen molar-refractivity contribution < 1.29 is 19.0 Å². The van der Waals surface area contributed by atoms with Gasteiger partial charge < -0.3 is 19.1 Å². The first-order valence-electron chi connectivity index (χ1n) is 8.16. The number of ether oxygens (including phenoxy) is 3. The maximum absolute atomic E-state index is 12.2. The second-order valence-electron chi connectivity index (χ2n) is 5.96. The number of rotatable bonds is 7. The van der Waals surface area contributed by atoms with Crippen LogP contribution in [0.25, 0.3) is 0 Å². The Balaban J connectivity index is 1.66. The Bertz CT molecular complexity index is 486. The fourth-order valence-electron chi connectivity index (χ4n) is 2.79. The fraction of sp³-hybridized carbons (Fsp3) is 0.611. The first-order valence-corrected chi connectivity index (χ1v) is 8.16. The third-order valence-electron chi connectivity index (χ3n) is 4.45. The van der Waals surface area contributed by atoms with Gasteiger partial charge in [-0.2, -0.15) is 0 Å². The van der Waals surface area contributed by atoms with Crippen molar-refractivity contribution in [1.82, 2.24) is 4.90 Å². The zero-order valence-electron chi connectivity index (χ0n) is 14.3. The Hall–Kier alpha value is -1.59. The number of methoxy groups -OCH3 is 2. The van der Waals surface area contributed by atoms with Crippen molar-refractivity contribution in [3.05, 3.63) is 29.8 Å². The van der Waals surface area contributed by atoms with E-state index in [0.717, 1.165) is 12.2 Å². The van der Waals surface area contributed by atoms with Crippen LogP contribution in [0.15, 0.2) is 24.3 Å². The summed E-state index contributed by atoms with van der Waals surface area (Å²) in [4.78, 5) is 14.1. The molecule has 5 heteroatoms. The molecule has 0 spiro atoms. The molecule has 1 amide bonds. The minimum Gasteiger partial charge on any atom is -0.494 e. The molecule has 23 heavy (non-hydrogen) atoms. The summed E-state index contributed by atoms with van der Waals surface area (Å²) in [7, 11) is 3.31. The van der Waals surface area contributed by atoms with Crippen molar-refractivity contribution in [3.8, 4) is 5.75 Å². The van der Waals surface area contributed by atoms with Crippen molar-refractivity contribution in [2.75, 3.05) is 33.9 Å². The van der Waals surface area contributed by atoms with Gasteiger partial charge in [0.15, 0.2) is 5.79 Å². The molecule has 1 saturated heterocycles. The monoisotopic (exact) mass is 321 g/mol. The van der Waals surface area contributed by atoms with Crippen LogP contribution in [0.3, 0.4) is 0 Å². The highest BCUT2D eigenvalue weighted by atomic mass is 16.7. The molecule has 0 aromatic heterocycles. The highest BCUT2D eigenvalue weighted by Gasteiger charge is 2.35. The van der Waals surface area contributed by atoms with Gasteiger partial charge in [-0.3, -0.25) is 4.79 Å². The first-order chi connectivity index (χ1) is 11.1. The Morgan fingerprint density at radius 3 is 2.30 bits per heavy atom. The number of hydrogen-bond donors (Lipinski definition) is 0. The molecule has 5 nitrogen and oxygen atoms in total. The van der Waals surface area contributed by atoms with Gasteiger partial charge in [0.05, 0.1) is 6.61 Å². The Labute approximate surface area is 138 Å². The number of piperidine rings is 1. The van der Waals surface area contributed by atoms with Gasteiger partial charge in [0, 0.05) is 46.6 Å². The Morgan fingerprint density at radius 1 is 1.13 bits per heavy atom. The van der Waals surface area contributed by atoms with E-state index in [-0.39, 0.29) is 5.91 Å². The molecule has 0 saturated carbocycles. The van der Waals surface area contributed by atoms with Gasteiger partial charge in [0.1, 0.15) is 5.75 Å². The van der Waals surface area contributed by atoms with Crippen LogP contribution in [0.2, 0.25) is 0 Å². The van der Waals surface area contributed by atoms with E-state index in [1.165, 1.54) is 5.56 Å². The number of carbonyl (C=O) groups excluding carboxylic acids is 1. The topological polar surface area (TPSA) is 48.0 Å². The van der Waals surface area contributed by atoms with E-state index in [2.05, 4.69) is 0 Å². The van der Waals surface area contributed by atoms with Gasteiger partial charge in [-0.1, -0.05) is 17.7 Å². The number of benzene rings is 1. The van der Waals surface area contributed by atoms with Gasteiger partial charge in [0.2, 0.25) is 5.91 Å². The second-order valence-corrected chi connectivity index (χ2v) is 5.96. The van der Waals surface area contributed by atoms with Crippen LogP contribution < -0.4 is 4.74 Å². The van der Waals surface area contributed by atoms with E-state index in [1.807, 2.05) is 36.1 Å².